The van der Waals surface area contributed by atoms with Gasteiger partial charge in [-0.3, -0.25) is 20.4 Å². The molecule has 23 heavy (non-hydrogen) atoms. The number of benzene rings is 2. The molecule has 0 aliphatic heterocycles. The lowest BCUT2D eigenvalue weighted by atomic mass is 10.1. The second-order valence-corrected chi connectivity index (χ2v) is 7.04. The fourth-order valence-corrected chi connectivity index (χ4v) is 2.62. The first-order valence-electron chi connectivity index (χ1n) is 6.75. The summed E-state index contributed by atoms with van der Waals surface area (Å²) in [6, 6.07) is 12.5. The number of rotatable bonds is 3. The molecule has 0 aliphatic carbocycles. The van der Waals surface area contributed by atoms with Gasteiger partial charge >= 0.3 is 0 Å². The minimum atomic E-state index is -3.41. The molecule has 0 aliphatic rings. The van der Waals surface area contributed by atoms with Crippen LogP contribution in [0.25, 0.3) is 0 Å². The molecule has 120 valence electrons. The summed E-state index contributed by atoms with van der Waals surface area (Å²) in [4.78, 5) is 24.1. The molecule has 0 radical (unpaired) electrons. The van der Waals surface area contributed by atoms with Crippen LogP contribution in [0.5, 0.6) is 0 Å². The van der Waals surface area contributed by atoms with Crippen LogP contribution >= 0.6 is 0 Å². The minimum Gasteiger partial charge on any atom is -0.267 e. The van der Waals surface area contributed by atoms with Crippen LogP contribution in [0.1, 0.15) is 26.3 Å². The number of amides is 2. The molecule has 2 N–H and O–H groups in total. The highest BCUT2D eigenvalue weighted by molar-refractivity contribution is 7.90. The van der Waals surface area contributed by atoms with Gasteiger partial charge in [-0.05, 0) is 36.8 Å². The third-order valence-corrected chi connectivity index (χ3v) is 4.31. The number of carbonyl (C=O) groups excluding carboxylic acids is 2. The van der Waals surface area contributed by atoms with Crippen LogP contribution in [-0.4, -0.2) is 26.5 Å². The Morgan fingerprint density at radius 1 is 0.913 bits per heavy atom. The summed E-state index contributed by atoms with van der Waals surface area (Å²) in [5.41, 5.74) is 5.93. The zero-order valence-corrected chi connectivity index (χ0v) is 13.5. The van der Waals surface area contributed by atoms with Crippen molar-refractivity contribution in [1.29, 1.82) is 0 Å². The van der Waals surface area contributed by atoms with Crippen molar-refractivity contribution in [3.05, 3.63) is 65.2 Å². The van der Waals surface area contributed by atoms with E-state index in [4.69, 9.17) is 0 Å². The molecule has 0 aromatic heterocycles. The third kappa shape index (κ3) is 4.17. The second-order valence-electron chi connectivity index (χ2n) is 5.02. The number of hydrogen-bond donors (Lipinski definition) is 2. The molecule has 0 fully saturated rings. The maximum atomic E-state index is 12.0. The standard InChI is InChI=1S/C16H16N2O4S/c1-11-6-3-4-9-14(11)16(20)18-17-15(19)12-7-5-8-13(10-12)23(2,21)22/h3-10H,1-2H3,(H,17,19)(H,18,20). The largest absolute Gasteiger partial charge is 0.269 e. The smallest absolute Gasteiger partial charge is 0.267 e. The van der Waals surface area contributed by atoms with Crippen molar-refractivity contribution >= 4 is 21.7 Å². The minimum absolute atomic E-state index is 0.0374. The highest BCUT2D eigenvalue weighted by Gasteiger charge is 2.13. The average Bonchev–Trinajstić information content (AvgIpc) is 2.52. The molecule has 0 saturated heterocycles. The van der Waals surface area contributed by atoms with Crippen LogP contribution in [0.4, 0.5) is 0 Å². The number of hydrazine groups is 1. The van der Waals surface area contributed by atoms with Crippen LogP contribution < -0.4 is 10.9 Å². The van der Waals surface area contributed by atoms with Gasteiger partial charge in [0.15, 0.2) is 9.84 Å². The van der Waals surface area contributed by atoms with Gasteiger partial charge in [0.1, 0.15) is 0 Å². The third-order valence-electron chi connectivity index (χ3n) is 3.20. The Hall–Kier alpha value is -2.67. The van der Waals surface area contributed by atoms with Gasteiger partial charge in [-0.2, -0.15) is 0 Å². The molecule has 0 atom stereocenters. The van der Waals surface area contributed by atoms with Gasteiger partial charge in [-0.25, -0.2) is 8.42 Å². The van der Waals surface area contributed by atoms with E-state index in [1.807, 2.05) is 0 Å². The van der Waals surface area contributed by atoms with Crippen LogP contribution in [0.3, 0.4) is 0 Å². The zero-order valence-electron chi connectivity index (χ0n) is 12.7. The fourth-order valence-electron chi connectivity index (χ4n) is 1.95. The zero-order chi connectivity index (χ0) is 17.0. The Labute approximate surface area is 134 Å². The average molecular weight is 332 g/mol. The first-order chi connectivity index (χ1) is 10.8. The van der Waals surface area contributed by atoms with Gasteiger partial charge in [0.25, 0.3) is 11.8 Å². The molecule has 7 heteroatoms. The molecule has 2 rings (SSSR count). The molecule has 0 spiro atoms. The van der Waals surface area contributed by atoms with Crippen molar-refractivity contribution in [2.45, 2.75) is 11.8 Å². The summed E-state index contributed by atoms with van der Waals surface area (Å²) in [6.07, 6.45) is 1.06. The Morgan fingerprint density at radius 2 is 1.57 bits per heavy atom. The molecule has 0 unspecified atom stereocenters. The van der Waals surface area contributed by atoms with E-state index in [9.17, 15) is 18.0 Å². The van der Waals surface area contributed by atoms with Crippen molar-refractivity contribution in [3.8, 4) is 0 Å². The number of carbonyl (C=O) groups is 2. The predicted molar refractivity (Wildman–Crippen MR) is 85.7 cm³/mol. The summed E-state index contributed by atoms with van der Waals surface area (Å²) in [6.45, 7) is 1.78. The maximum Gasteiger partial charge on any atom is 0.269 e. The summed E-state index contributed by atoms with van der Waals surface area (Å²) in [7, 11) is -3.41. The van der Waals surface area contributed by atoms with Crippen LogP contribution in [-0.2, 0) is 9.84 Å². The molecule has 2 aromatic carbocycles. The first-order valence-corrected chi connectivity index (χ1v) is 8.64. The molecular formula is C16H16N2O4S. The topological polar surface area (TPSA) is 92.3 Å². The normalized spacial score (nSPS) is 10.9. The highest BCUT2D eigenvalue weighted by Crippen LogP contribution is 2.11. The molecule has 0 heterocycles. The number of aryl methyl sites for hydroxylation is 1. The van der Waals surface area contributed by atoms with Gasteiger partial charge in [-0.1, -0.05) is 24.3 Å². The van der Waals surface area contributed by atoms with E-state index in [1.54, 1.807) is 31.2 Å². The summed E-state index contributed by atoms with van der Waals surface area (Å²) < 4.78 is 23.0. The fraction of sp³-hybridized carbons (Fsp3) is 0.125. The van der Waals surface area contributed by atoms with Gasteiger partial charge in [0, 0.05) is 17.4 Å². The molecule has 2 amide bonds. The van der Waals surface area contributed by atoms with Crippen molar-refractivity contribution < 1.29 is 18.0 Å². The van der Waals surface area contributed by atoms with E-state index in [2.05, 4.69) is 10.9 Å². The summed E-state index contributed by atoms with van der Waals surface area (Å²) in [5, 5.41) is 0. The quantitative estimate of drug-likeness (QED) is 0.833. The van der Waals surface area contributed by atoms with E-state index in [0.717, 1.165) is 11.8 Å². The Kier molecular flexibility index (Phi) is 4.80. The number of sulfone groups is 1. The lowest BCUT2D eigenvalue weighted by molar-refractivity contribution is 0.0846. The van der Waals surface area contributed by atoms with E-state index in [1.165, 1.54) is 24.3 Å². The summed E-state index contributed by atoms with van der Waals surface area (Å²) in [5.74, 6) is -1.05. The highest BCUT2D eigenvalue weighted by atomic mass is 32.2. The van der Waals surface area contributed by atoms with Crippen LogP contribution in [0.2, 0.25) is 0 Å². The maximum absolute atomic E-state index is 12.0. The molecule has 2 aromatic rings. The second kappa shape index (κ2) is 6.62. The molecular weight excluding hydrogens is 316 g/mol. The number of nitrogens with one attached hydrogen (secondary N) is 2. The lowest BCUT2D eigenvalue weighted by Crippen LogP contribution is -2.41. The summed E-state index contributed by atoms with van der Waals surface area (Å²) >= 11 is 0. The lowest BCUT2D eigenvalue weighted by Gasteiger charge is -2.09. The molecule has 0 bridgehead atoms. The van der Waals surface area contributed by atoms with Crippen LogP contribution in [0.15, 0.2) is 53.4 Å². The molecule has 0 saturated carbocycles. The van der Waals surface area contributed by atoms with Crippen molar-refractivity contribution in [2.75, 3.05) is 6.26 Å². The van der Waals surface area contributed by atoms with E-state index >= 15 is 0 Å². The van der Waals surface area contributed by atoms with Gasteiger partial charge in [0.05, 0.1) is 4.90 Å². The van der Waals surface area contributed by atoms with Crippen molar-refractivity contribution in [3.63, 3.8) is 0 Å². The Bertz CT molecular complexity index is 860. The molecule has 6 nitrogen and oxygen atoms in total. The van der Waals surface area contributed by atoms with Crippen molar-refractivity contribution in [2.24, 2.45) is 0 Å². The van der Waals surface area contributed by atoms with Crippen molar-refractivity contribution in [1.82, 2.24) is 10.9 Å². The van der Waals surface area contributed by atoms with Gasteiger partial charge < -0.3 is 0 Å². The Balaban J connectivity index is 2.09. The Morgan fingerprint density at radius 3 is 2.22 bits per heavy atom. The van der Waals surface area contributed by atoms with Gasteiger partial charge in [-0.15, -0.1) is 0 Å². The SMILES string of the molecule is Cc1ccccc1C(=O)NNC(=O)c1cccc(S(C)(=O)=O)c1. The number of hydrogen-bond acceptors (Lipinski definition) is 4. The van der Waals surface area contributed by atoms with E-state index in [0.29, 0.717) is 5.56 Å². The van der Waals surface area contributed by atoms with Gasteiger partial charge in [0.2, 0.25) is 0 Å². The van der Waals surface area contributed by atoms with Crippen LogP contribution in [0, 0.1) is 6.92 Å². The predicted octanol–water partition coefficient (Wildman–Crippen LogP) is 1.47. The monoisotopic (exact) mass is 332 g/mol. The first kappa shape index (κ1) is 16.7. The van der Waals surface area contributed by atoms with E-state index < -0.39 is 21.7 Å². The van der Waals surface area contributed by atoms with E-state index in [-0.39, 0.29) is 10.5 Å².